The molecule has 3 amide bonds. The molecule has 28 heavy (non-hydrogen) atoms. The maximum Gasteiger partial charge on any atom is 0.256 e. The van der Waals surface area contributed by atoms with Gasteiger partial charge in [-0.05, 0) is 37.8 Å². The predicted octanol–water partition coefficient (Wildman–Crippen LogP) is 1.94. The fourth-order valence-electron chi connectivity index (χ4n) is 4.00. The molecule has 0 aliphatic carbocycles. The van der Waals surface area contributed by atoms with Gasteiger partial charge in [-0.3, -0.25) is 14.4 Å². The van der Waals surface area contributed by atoms with E-state index in [9.17, 15) is 23.2 Å². The molecular formula is C20H25F2N3O3. The number of halogens is 2. The van der Waals surface area contributed by atoms with Crippen molar-refractivity contribution in [3.05, 3.63) is 35.4 Å². The van der Waals surface area contributed by atoms with Crippen molar-refractivity contribution in [2.45, 2.75) is 38.6 Å². The van der Waals surface area contributed by atoms with Crippen LogP contribution in [0, 0.1) is 17.6 Å². The summed E-state index contributed by atoms with van der Waals surface area (Å²) in [5.74, 6) is -2.31. The molecule has 1 aromatic carbocycles. The number of rotatable bonds is 3. The van der Waals surface area contributed by atoms with Crippen molar-refractivity contribution in [2.24, 2.45) is 5.92 Å². The average molecular weight is 393 g/mol. The van der Waals surface area contributed by atoms with E-state index in [0.29, 0.717) is 45.1 Å². The summed E-state index contributed by atoms with van der Waals surface area (Å²) < 4.78 is 26.9. The number of hydrogen-bond donors (Lipinski definition) is 1. The summed E-state index contributed by atoms with van der Waals surface area (Å²) in [6, 6.07) is 2.90. The van der Waals surface area contributed by atoms with Gasteiger partial charge in [0.05, 0.1) is 5.56 Å². The zero-order valence-electron chi connectivity index (χ0n) is 15.9. The monoisotopic (exact) mass is 393 g/mol. The van der Waals surface area contributed by atoms with E-state index >= 15 is 0 Å². The molecule has 6 nitrogen and oxygen atoms in total. The lowest BCUT2D eigenvalue weighted by Gasteiger charge is -2.38. The molecule has 2 fully saturated rings. The van der Waals surface area contributed by atoms with Gasteiger partial charge in [-0.25, -0.2) is 8.78 Å². The molecule has 2 aliphatic rings. The molecule has 0 bridgehead atoms. The summed E-state index contributed by atoms with van der Waals surface area (Å²) in [6.45, 7) is 3.37. The highest BCUT2D eigenvalue weighted by molar-refractivity contribution is 5.94. The minimum Gasteiger partial charge on any atom is -0.352 e. The number of benzene rings is 1. The van der Waals surface area contributed by atoms with Gasteiger partial charge >= 0.3 is 0 Å². The molecule has 2 saturated heterocycles. The van der Waals surface area contributed by atoms with Crippen LogP contribution in [0.4, 0.5) is 8.78 Å². The number of nitrogens with one attached hydrogen (secondary N) is 1. The average Bonchev–Trinajstić information content (AvgIpc) is 2.67. The first kappa shape index (κ1) is 20.2. The first-order valence-corrected chi connectivity index (χ1v) is 9.65. The molecule has 1 unspecified atom stereocenters. The standard InChI is InChI=1S/C20H25F2N3O3/c1-13(26)23-16-3-2-8-25(12-16)19(27)14-6-9-24(10-7-14)20(28)17-5-4-15(21)11-18(17)22/h4-5,11,14,16H,2-3,6-10,12H2,1H3,(H,23,26). The van der Waals surface area contributed by atoms with Crippen LogP contribution >= 0.6 is 0 Å². The molecule has 0 saturated carbocycles. The van der Waals surface area contributed by atoms with Crippen molar-refractivity contribution in [3.8, 4) is 0 Å². The summed E-state index contributed by atoms with van der Waals surface area (Å²) in [7, 11) is 0. The molecule has 1 N–H and O–H groups in total. The third kappa shape index (κ3) is 4.66. The quantitative estimate of drug-likeness (QED) is 0.853. The second-order valence-electron chi connectivity index (χ2n) is 7.51. The normalized spacial score (nSPS) is 20.8. The predicted molar refractivity (Wildman–Crippen MR) is 98.4 cm³/mol. The van der Waals surface area contributed by atoms with Crippen molar-refractivity contribution in [1.29, 1.82) is 0 Å². The molecule has 8 heteroatoms. The number of carbonyl (C=O) groups excluding carboxylic acids is 3. The van der Waals surface area contributed by atoms with Gasteiger partial charge in [-0.15, -0.1) is 0 Å². The molecule has 0 radical (unpaired) electrons. The number of nitrogens with zero attached hydrogens (tertiary/aromatic N) is 2. The summed E-state index contributed by atoms with van der Waals surface area (Å²) in [6.07, 6.45) is 2.72. The van der Waals surface area contributed by atoms with E-state index in [1.165, 1.54) is 11.8 Å². The van der Waals surface area contributed by atoms with E-state index in [1.54, 1.807) is 4.90 Å². The number of carbonyl (C=O) groups is 3. The Morgan fingerprint density at radius 2 is 1.75 bits per heavy atom. The minimum atomic E-state index is -0.875. The second-order valence-corrected chi connectivity index (χ2v) is 7.51. The smallest absolute Gasteiger partial charge is 0.256 e. The zero-order chi connectivity index (χ0) is 20.3. The molecule has 1 atom stereocenters. The van der Waals surface area contributed by atoms with Gasteiger partial charge in [0.25, 0.3) is 5.91 Å². The molecular weight excluding hydrogens is 368 g/mol. The Morgan fingerprint density at radius 1 is 1.04 bits per heavy atom. The van der Waals surface area contributed by atoms with Crippen LogP contribution < -0.4 is 5.32 Å². The Balaban J connectivity index is 1.55. The van der Waals surface area contributed by atoms with E-state index in [-0.39, 0.29) is 29.3 Å². The van der Waals surface area contributed by atoms with Crippen molar-refractivity contribution < 1.29 is 23.2 Å². The lowest BCUT2D eigenvalue weighted by atomic mass is 9.93. The van der Waals surface area contributed by atoms with E-state index < -0.39 is 17.5 Å². The van der Waals surface area contributed by atoms with Gasteiger partial charge in [0.1, 0.15) is 11.6 Å². The Hall–Kier alpha value is -2.51. The lowest BCUT2D eigenvalue weighted by molar-refractivity contribution is -0.139. The molecule has 3 rings (SSSR count). The highest BCUT2D eigenvalue weighted by atomic mass is 19.1. The topological polar surface area (TPSA) is 69.7 Å². The first-order valence-electron chi connectivity index (χ1n) is 9.65. The molecule has 152 valence electrons. The molecule has 0 aromatic heterocycles. The largest absolute Gasteiger partial charge is 0.352 e. The molecule has 0 spiro atoms. The van der Waals surface area contributed by atoms with Crippen LogP contribution in [0.25, 0.3) is 0 Å². The summed E-state index contributed by atoms with van der Waals surface area (Å²) in [5.41, 5.74) is -0.152. The van der Waals surface area contributed by atoms with Crippen LogP contribution in [-0.4, -0.2) is 59.7 Å². The van der Waals surface area contributed by atoms with Crippen molar-refractivity contribution in [3.63, 3.8) is 0 Å². The number of hydrogen-bond acceptors (Lipinski definition) is 3. The molecule has 2 heterocycles. The van der Waals surface area contributed by atoms with Gasteiger partial charge < -0.3 is 15.1 Å². The Morgan fingerprint density at radius 3 is 2.39 bits per heavy atom. The van der Waals surface area contributed by atoms with Crippen molar-refractivity contribution in [2.75, 3.05) is 26.2 Å². The number of amides is 3. The highest BCUT2D eigenvalue weighted by Crippen LogP contribution is 2.24. The number of likely N-dealkylation sites (tertiary alicyclic amines) is 2. The molecule has 1 aromatic rings. The van der Waals surface area contributed by atoms with Crippen LogP contribution in [0.1, 0.15) is 43.0 Å². The summed E-state index contributed by atoms with van der Waals surface area (Å²) in [4.78, 5) is 39.9. The van der Waals surface area contributed by atoms with Crippen molar-refractivity contribution in [1.82, 2.24) is 15.1 Å². The molecule has 2 aliphatic heterocycles. The minimum absolute atomic E-state index is 0.0154. The van der Waals surface area contributed by atoms with Gasteiger partial charge in [-0.2, -0.15) is 0 Å². The van der Waals surface area contributed by atoms with Gasteiger partial charge in [0.15, 0.2) is 0 Å². The maximum absolute atomic E-state index is 13.9. The second kappa shape index (κ2) is 8.67. The van der Waals surface area contributed by atoms with Crippen LogP contribution in [0.15, 0.2) is 18.2 Å². The lowest BCUT2D eigenvalue weighted by Crippen LogP contribution is -2.52. The van der Waals surface area contributed by atoms with Crippen LogP contribution in [-0.2, 0) is 9.59 Å². The van der Waals surface area contributed by atoms with E-state index in [2.05, 4.69) is 5.32 Å². The summed E-state index contributed by atoms with van der Waals surface area (Å²) in [5, 5.41) is 2.87. The fraction of sp³-hybridized carbons (Fsp3) is 0.550. The van der Waals surface area contributed by atoms with E-state index in [1.807, 2.05) is 0 Å². The maximum atomic E-state index is 13.9. The van der Waals surface area contributed by atoms with Crippen molar-refractivity contribution >= 4 is 17.7 Å². The Bertz CT molecular complexity index is 763. The third-order valence-corrected chi connectivity index (χ3v) is 5.43. The SMILES string of the molecule is CC(=O)NC1CCCN(C(=O)C2CCN(C(=O)c3ccc(F)cc3F)CC2)C1. The van der Waals surface area contributed by atoms with Gasteiger partial charge in [-0.1, -0.05) is 0 Å². The van der Waals surface area contributed by atoms with Crippen LogP contribution in [0.2, 0.25) is 0 Å². The third-order valence-electron chi connectivity index (χ3n) is 5.43. The van der Waals surface area contributed by atoms with E-state index in [4.69, 9.17) is 0 Å². The first-order chi connectivity index (χ1) is 13.3. The van der Waals surface area contributed by atoms with Crippen LogP contribution in [0.3, 0.4) is 0 Å². The van der Waals surface area contributed by atoms with Gasteiger partial charge in [0.2, 0.25) is 11.8 Å². The Labute approximate surface area is 162 Å². The number of piperidine rings is 2. The summed E-state index contributed by atoms with van der Waals surface area (Å²) >= 11 is 0. The fourth-order valence-corrected chi connectivity index (χ4v) is 4.00. The van der Waals surface area contributed by atoms with Crippen LogP contribution in [0.5, 0.6) is 0 Å². The zero-order valence-corrected chi connectivity index (χ0v) is 15.9. The van der Waals surface area contributed by atoms with Gasteiger partial charge in [0, 0.05) is 51.1 Å². The Kier molecular flexibility index (Phi) is 6.26. The van der Waals surface area contributed by atoms with E-state index in [0.717, 1.165) is 25.0 Å². The highest BCUT2D eigenvalue weighted by Gasteiger charge is 2.33.